The van der Waals surface area contributed by atoms with E-state index < -0.39 is 0 Å². The van der Waals surface area contributed by atoms with Crippen molar-refractivity contribution in [2.24, 2.45) is 0 Å². The molecule has 1 N–H and O–H groups in total. The number of halogens is 1. The van der Waals surface area contributed by atoms with E-state index >= 15 is 0 Å². The van der Waals surface area contributed by atoms with Gasteiger partial charge in [0, 0.05) is 19.2 Å². The Morgan fingerprint density at radius 2 is 2.05 bits per heavy atom. The topological polar surface area (TPSA) is 39.1 Å². The van der Waals surface area contributed by atoms with Crippen LogP contribution in [0.4, 0.5) is 4.39 Å². The highest BCUT2D eigenvalue weighted by molar-refractivity contribution is 5.29. The summed E-state index contributed by atoms with van der Waals surface area (Å²) in [6.07, 6.45) is 0. The lowest BCUT2D eigenvalue weighted by molar-refractivity contribution is 0.290. The molecule has 0 atom stereocenters. The Morgan fingerprint density at radius 1 is 1.24 bits per heavy atom. The van der Waals surface area contributed by atoms with Crippen LogP contribution in [0.25, 0.3) is 0 Å². The van der Waals surface area contributed by atoms with Crippen LogP contribution in [0.15, 0.2) is 24.3 Å². The third-order valence-electron chi connectivity index (χ3n) is 3.18. The zero-order chi connectivity index (χ0) is 15.2. The van der Waals surface area contributed by atoms with E-state index in [2.05, 4.69) is 10.4 Å². The molecule has 4 nitrogen and oxygen atoms in total. The van der Waals surface area contributed by atoms with Crippen molar-refractivity contribution in [3.63, 3.8) is 0 Å². The van der Waals surface area contributed by atoms with Crippen LogP contribution < -0.4 is 10.1 Å². The first kappa shape index (κ1) is 15.5. The van der Waals surface area contributed by atoms with Gasteiger partial charge in [0.15, 0.2) is 0 Å². The minimum absolute atomic E-state index is 0.277. The van der Waals surface area contributed by atoms with Gasteiger partial charge in [-0.1, -0.05) is 6.92 Å². The van der Waals surface area contributed by atoms with Crippen molar-refractivity contribution in [3.8, 4) is 5.75 Å². The highest BCUT2D eigenvalue weighted by Crippen LogP contribution is 2.18. The van der Waals surface area contributed by atoms with Crippen molar-refractivity contribution in [2.75, 3.05) is 6.54 Å². The Morgan fingerprint density at radius 3 is 2.76 bits per heavy atom. The highest BCUT2D eigenvalue weighted by atomic mass is 19.1. The van der Waals surface area contributed by atoms with E-state index in [1.165, 1.54) is 12.1 Å². The van der Waals surface area contributed by atoms with Gasteiger partial charge >= 0.3 is 0 Å². The Bertz CT molecular complexity index is 595. The van der Waals surface area contributed by atoms with Crippen LogP contribution in [0.2, 0.25) is 0 Å². The number of hydrogen-bond acceptors (Lipinski definition) is 3. The molecular formula is C16H22FN3O. The summed E-state index contributed by atoms with van der Waals surface area (Å²) in [4.78, 5) is 0. The predicted molar refractivity (Wildman–Crippen MR) is 80.8 cm³/mol. The van der Waals surface area contributed by atoms with E-state index in [-0.39, 0.29) is 5.82 Å². The van der Waals surface area contributed by atoms with E-state index in [0.29, 0.717) is 18.9 Å². The molecule has 1 aromatic heterocycles. The first-order valence-electron chi connectivity index (χ1n) is 7.28. The summed E-state index contributed by atoms with van der Waals surface area (Å²) in [5, 5.41) is 7.55. The van der Waals surface area contributed by atoms with Gasteiger partial charge in [0.05, 0.1) is 11.4 Å². The number of nitrogens with zero attached hydrogens (tertiary/aromatic N) is 2. The van der Waals surface area contributed by atoms with Gasteiger partial charge < -0.3 is 10.1 Å². The number of aryl methyl sites for hydroxylation is 2. The maximum Gasteiger partial charge on any atom is 0.130 e. The molecule has 0 saturated heterocycles. The Kier molecular flexibility index (Phi) is 5.33. The second kappa shape index (κ2) is 7.22. The second-order valence-electron chi connectivity index (χ2n) is 4.96. The average molecular weight is 291 g/mol. The van der Waals surface area contributed by atoms with Crippen molar-refractivity contribution < 1.29 is 9.13 Å². The van der Waals surface area contributed by atoms with Gasteiger partial charge in [-0.3, -0.25) is 4.68 Å². The summed E-state index contributed by atoms with van der Waals surface area (Å²) in [6, 6.07) is 6.79. The minimum atomic E-state index is -0.277. The average Bonchev–Trinajstić information content (AvgIpc) is 2.82. The van der Waals surface area contributed by atoms with E-state index in [4.69, 9.17) is 4.74 Å². The lowest BCUT2D eigenvalue weighted by Crippen LogP contribution is -2.12. The lowest BCUT2D eigenvalue weighted by atomic mass is 10.2. The van der Waals surface area contributed by atoms with Crippen LogP contribution in [0.5, 0.6) is 5.75 Å². The molecule has 0 aliphatic heterocycles. The lowest BCUT2D eigenvalue weighted by Gasteiger charge is -2.10. The van der Waals surface area contributed by atoms with Crippen LogP contribution >= 0.6 is 0 Å². The van der Waals surface area contributed by atoms with Gasteiger partial charge in [0.2, 0.25) is 0 Å². The maximum absolute atomic E-state index is 13.6. The molecule has 5 heteroatoms. The standard InChI is InChI=1S/C16H22FN3O/c1-4-18-10-13-7-14(17)9-16(8-13)21-11-15-6-12(3)19-20(15)5-2/h6-9,18H,4-5,10-11H2,1-3H3. The monoisotopic (exact) mass is 291 g/mol. The van der Waals surface area contributed by atoms with Crippen molar-refractivity contribution >= 4 is 0 Å². The molecule has 21 heavy (non-hydrogen) atoms. The SMILES string of the molecule is CCNCc1cc(F)cc(OCc2cc(C)nn2CC)c1. The van der Waals surface area contributed by atoms with Gasteiger partial charge in [0.1, 0.15) is 18.2 Å². The van der Waals surface area contributed by atoms with Crippen molar-refractivity contribution in [3.05, 3.63) is 47.0 Å². The molecule has 114 valence electrons. The number of benzene rings is 1. The number of aromatic nitrogens is 2. The van der Waals surface area contributed by atoms with Gasteiger partial charge in [-0.15, -0.1) is 0 Å². The molecule has 0 amide bonds. The molecule has 0 radical (unpaired) electrons. The summed E-state index contributed by atoms with van der Waals surface area (Å²) < 4.78 is 21.2. The molecular weight excluding hydrogens is 269 g/mol. The summed E-state index contributed by atoms with van der Waals surface area (Å²) in [6.45, 7) is 8.67. The first-order valence-corrected chi connectivity index (χ1v) is 7.28. The molecule has 0 bridgehead atoms. The Balaban J connectivity index is 2.06. The number of nitrogens with one attached hydrogen (secondary N) is 1. The summed E-state index contributed by atoms with van der Waals surface area (Å²) in [7, 11) is 0. The predicted octanol–water partition coefficient (Wildman–Crippen LogP) is 3.04. The number of ether oxygens (including phenoxy) is 1. The second-order valence-corrected chi connectivity index (χ2v) is 4.96. The van der Waals surface area contributed by atoms with Crippen LogP contribution in [-0.2, 0) is 19.7 Å². The zero-order valence-corrected chi connectivity index (χ0v) is 12.8. The van der Waals surface area contributed by atoms with Gasteiger partial charge in [-0.05, 0) is 44.2 Å². The van der Waals surface area contributed by atoms with E-state index in [0.717, 1.165) is 30.0 Å². The normalized spacial score (nSPS) is 10.9. The van der Waals surface area contributed by atoms with Crippen molar-refractivity contribution in [1.82, 2.24) is 15.1 Å². The fourth-order valence-electron chi connectivity index (χ4n) is 2.22. The molecule has 2 aromatic rings. The van der Waals surface area contributed by atoms with Crippen LogP contribution in [0, 0.1) is 12.7 Å². The van der Waals surface area contributed by atoms with Crippen LogP contribution in [0.1, 0.15) is 30.8 Å². The summed E-state index contributed by atoms with van der Waals surface area (Å²) in [5.74, 6) is 0.269. The maximum atomic E-state index is 13.6. The quantitative estimate of drug-likeness (QED) is 0.852. The molecule has 0 aliphatic rings. The van der Waals surface area contributed by atoms with Crippen molar-refractivity contribution in [1.29, 1.82) is 0 Å². The molecule has 0 saturated carbocycles. The van der Waals surface area contributed by atoms with Gasteiger partial charge in [-0.25, -0.2) is 4.39 Å². The minimum Gasteiger partial charge on any atom is -0.487 e. The smallest absolute Gasteiger partial charge is 0.130 e. The molecule has 0 aliphatic carbocycles. The van der Waals surface area contributed by atoms with Crippen LogP contribution in [-0.4, -0.2) is 16.3 Å². The third-order valence-corrected chi connectivity index (χ3v) is 3.18. The molecule has 0 spiro atoms. The van der Waals surface area contributed by atoms with E-state index in [1.807, 2.05) is 37.6 Å². The largest absolute Gasteiger partial charge is 0.487 e. The fraction of sp³-hybridized carbons (Fsp3) is 0.438. The van der Waals surface area contributed by atoms with E-state index in [9.17, 15) is 4.39 Å². The molecule has 2 rings (SSSR count). The Hall–Kier alpha value is -1.88. The Labute approximate surface area is 124 Å². The molecule has 0 unspecified atom stereocenters. The summed E-state index contributed by atoms with van der Waals surface area (Å²) in [5.41, 5.74) is 2.84. The number of hydrogen-bond donors (Lipinski definition) is 1. The summed E-state index contributed by atoms with van der Waals surface area (Å²) >= 11 is 0. The fourth-order valence-corrected chi connectivity index (χ4v) is 2.22. The van der Waals surface area contributed by atoms with Gasteiger partial charge in [0.25, 0.3) is 0 Å². The zero-order valence-electron chi connectivity index (χ0n) is 12.8. The van der Waals surface area contributed by atoms with E-state index in [1.54, 1.807) is 0 Å². The molecule has 1 heterocycles. The molecule has 1 aromatic carbocycles. The first-order chi connectivity index (χ1) is 10.1. The van der Waals surface area contributed by atoms with Crippen LogP contribution in [0.3, 0.4) is 0 Å². The molecule has 0 fully saturated rings. The number of rotatable bonds is 7. The highest BCUT2D eigenvalue weighted by Gasteiger charge is 2.06. The third kappa shape index (κ3) is 4.29. The van der Waals surface area contributed by atoms with Crippen molar-refractivity contribution in [2.45, 2.75) is 40.5 Å². The van der Waals surface area contributed by atoms with Gasteiger partial charge in [-0.2, -0.15) is 5.10 Å².